The molecule has 0 unspecified atom stereocenters. The van der Waals surface area contributed by atoms with Crippen LogP contribution in [0.1, 0.15) is 16.8 Å². The lowest BCUT2D eigenvalue weighted by atomic mass is 10.1. The molecule has 3 heterocycles. The average Bonchev–Trinajstić information content (AvgIpc) is 2.97. The second kappa shape index (κ2) is 5.13. The van der Waals surface area contributed by atoms with E-state index in [0.717, 1.165) is 11.1 Å². The van der Waals surface area contributed by atoms with Gasteiger partial charge in [0.2, 0.25) is 5.82 Å². The Morgan fingerprint density at radius 2 is 2.05 bits per heavy atom. The molecule has 6 heteroatoms. The monoisotopic (exact) mass is 277 g/mol. The second-order valence-electron chi connectivity index (χ2n) is 4.64. The van der Waals surface area contributed by atoms with Crippen LogP contribution in [0, 0.1) is 25.2 Å². The molecule has 0 aromatic carbocycles. The fourth-order valence-electron chi connectivity index (χ4n) is 2.01. The normalized spacial score (nSPS) is 10.3. The molecule has 0 amide bonds. The molecule has 0 saturated heterocycles. The molecule has 0 aliphatic heterocycles. The van der Waals surface area contributed by atoms with E-state index < -0.39 is 0 Å². The number of nitrogens with zero attached hydrogens (tertiary/aromatic N) is 5. The van der Waals surface area contributed by atoms with Gasteiger partial charge in [-0.3, -0.25) is 4.98 Å². The molecular weight excluding hydrogens is 266 g/mol. The molecule has 3 aromatic rings. The van der Waals surface area contributed by atoms with Gasteiger partial charge in [0.05, 0.1) is 0 Å². The fraction of sp³-hybridized carbons (Fsp3) is 0.133. The first-order chi connectivity index (χ1) is 10.2. The van der Waals surface area contributed by atoms with Crippen molar-refractivity contribution in [3.63, 3.8) is 0 Å². The third-order valence-corrected chi connectivity index (χ3v) is 2.97. The fourth-order valence-corrected chi connectivity index (χ4v) is 2.01. The number of aromatic nitrogens is 4. The SMILES string of the molecule is Cc1cnc(-c2noc(-c3ccnc(C#N)c3)n2)c(C)c1. The lowest BCUT2D eigenvalue weighted by Gasteiger charge is -2.00. The summed E-state index contributed by atoms with van der Waals surface area (Å²) in [6.07, 6.45) is 3.30. The highest BCUT2D eigenvalue weighted by molar-refractivity contribution is 5.60. The van der Waals surface area contributed by atoms with Gasteiger partial charge in [0.1, 0.15) is 17.5 Å². The third-order valence-electron chi connectivity index (χ3n) is 2.97. The molecule has 0 fully saturated rings. The number of pyridine rings is 2. The molecule has 3 rings (SSSR count). The molecule has 0 aliphatic rings. The lowest BCUT2D eigenvalue weighted by molar-refractivity contribution is 0.432. The number of aryl methyl sites for hydroxylation is 2. The highest BCUT2D eigenvalue weighted by Crippen LogP contribution is 2.23. The molecule has 0 N–H and O–H groups in total. The summed E-state index contributed by atoms with van der Waals surface area (Å²) in [7, 11) is 0. The number of hydrogen-bond donors (Lipinski definition) is 0. The largest absolute Gasteiger partial charge is 0.334 e. The molecule has 0 radical (unpaired) electrons. The number of nitriles is 1. The number of rotatable bonds is 2. The van der Waals surface area contributed by atoms with E-state index in [0.29, 0.717) is 28.7 Å². The van der Waals surface area contributed by atoms with E-state index in [9.17, 15) is 0 Å². The predicted molar refractivity (Wildman–Crippen MR) is 74.9 cm³/mol. The smallest absolute Gasteiger partial charge is 0.258 e. The average molecular weight is 277 g/mol. The van der Waals surface area contributed by atoms with Crippen LogP contribution in [0.25, 0.3) is 23.0 Å². The van der Waals surface area contributed by atoms with Gasteiger partial charge in [0, 0.05) is 18.0 Å². The Kier molecular flexibility index (Phi) is 3.16. The van der Waals surface area contributed by atoms with Gasteiger partial charge in [-0.2, -0.15) is 10.2 Å². The molecule has 6 nitrogen and oxygen atoms in total. The predicted octanol–water partition coefficient (Wildman–Crippen LogP) is 2.68. The minimum atomic E-state index is 0.303. The van der Waals surface area contributed by atoms with Crippen LogP contribution in [0.15, 0.2) is 35.1 Å². The summed E-state index contributed by atoms with van der Waals surface area (Å²) in [5.41, 5.74) is 3.70. The van der Waals surface area contributed by atoms with E-state index in [-0.39, 0.29) is 0 Å². The zero-order valence-corrected chi connectivity index (χ0v) is 11.5. The van der Waals surface area contributed by atoms with Crippen molar-refractivity contribution in [3.05, 3.63) is 47.4 Å². The first-order valence-corrected chi connectivity index (χ1v) is 6.31. The maximum atomic E-state index is 8.87. The maximum absolute atomic E-state index is 8.87. The van der Waals surface area contributed by atoms with Crippen molar-refractivity contribution in [2.24, 2.45) is 0 Å². The summed E-state index contributed by atoms with van der Waals surface area (Å²) in [4.78, 5) is 12.6. The summed E-state index contributed by atoms with van der Waals surface area (Å²) < 4.78 is 5.25. The lowest BCUT2D eigenvalue weighted by Crippen LogP contribution is -1.91. The molecule has 0 aliphatic carbocycles. The van der Waals surface area contributed by atoms with E-state index >= 15 is 0 Å². The van der Waals surface area contributed by atoms with Crippen LogP contribution in [-0.2, 0) is 0 Å². The van der Waals surface area contributed by atoms with Gasteiger partial charge >= 0.3 is 0 Å². The van der Waals surface area contributed by atoms with Crippen LogP contribution in [0.3, 0.4) is 0 Å². The summed E-state index contributed by atoms with van der Waals surface area (Å²) in [6.45, 7) is 3.93. The van der Waals surface area contributed by atoms with Crippen molar-refractivity contribution in [1.29, 1.82) is 5.26 Å². The highest BCUT2D eigenvalue weighted by Gasteiger charge is 2.14. The van der Waals surface area contributed by atoms with Crippen LogP contribution >= 0.6 is 0 Å². The number of hydrogen-bond acceptors (Lipinski definition) is 6. The molecule has 0 saturated carbocycles. The third kappa shape index (κ3) is 2.49. The van der Waals surface area contributed by atoms with Gasteiger partial charge in [0.25, 0.3) is 5.89 Å². The Labute approximate surface area is 121 Å². The van der Waals surface area contributed by atoms with Gasteiger partial charge in [-0.15, -0.1) is 0 Å². The summed E-state index contributed by atoms with van der Waals surface area (Å²) in [5.74, 6) is 0.767. The second-order valence-corrected chi connectivity index (χ2v) is 4.64. The van der Waals surface area contributed by atoms with Gasteiger partial charge in [-0.1, -0.05) is 11.2 Å². The maximum Gasteiger partial charge on any atom is 0.258 e. The first kappa shape index (κ1) is 12.9. The molecule has 21 heavy (non-hydrogen) atoms. The summed E-state index contributed by atoms with van der Waals surface area (Å²) >= 11 is 0. The van der Waals surface area contributed by atoms with Crippen molar-refractivity contribution < 1.29 is 4.52 Å². The molecule has 0 spiro atoms. The Morgan fingerprint density at radius 1 is 1.19 bits per heavy atom. The van der Waals surface area contributed by atoms with E-state index in [4.69, 9.17) is 9.78 Å². The van der Waals surface area contributed by atoms with Crippen molar-refractivity contribution in [1.82, 2.24) is 20.1 Å². The van der Waals surface area contributed by atoms with E-state index in [2.05, 4.69) is 20.1 Å². The minimum Gasteiger partial charge on any atom is -0.334 e. The first-order valence-electron chi connectivity index (χ1n) is 6.31. The van der Waals surface area contributed by atoms with E-state index in [1.165, 1.54) is 6.20 Å². The van der Waals surface area contributed by atoms with Crippen molar-refractivity contribution in [2.75, 3.05) is 0 Å². The van der Waals surface area contributed by atoms with E-state index in [1.807, 2.05) is 26.0 Å². The zero-order valence-electron chi connectivity index (χ0n) is 11.5. The van der Waals surface area contributed by atoms with E-state index in [1.54, 1.807) is 18.3 Å². The highest BCUT2D eigenvalue weighted by atomic mass is 16.5. The van der Waals surface area contributed by atoms with Crippen molar-refractivity contribution in [3.8, 4) is 29.0 Å². The van der Waals surface area contributed by atoms with Crippen LogP contribution in [0.4, 0.5) is 0 Å². The Morgan fingerprint density at radius 3 is 2.81 bits per heavy atom. The molecule has 0 bridgehead atoms. The van der Waals surface area contributed by atoms with Gasteiger partial charge in [0.15, 0.2) is 0 Å². The van der Waals surface area contributed by atoms with Gasteiger partial charge < -0.3 is 4.52 Å². The summed E-state index contributed by atoms with van der Waals surface area (Å²) in [5, 5.41) is 12.8. The standard InChI is InChI=1S/C15H11N5O/c1-9-5-10(2)13(18-8-9)14-19-15(21-20-14)11-3-4-17-12(6-11)7-16/h3-6,8H,1-2H3. The molecule has 0 atom stereocenters. The van der Waals surface area contributed by atoms with Crippen LogP contribution in [0.5, 0.6) is 0 Å². The Balaban J connectivity index is 2.02. The topological polar surface area (TPSA) is 88.5 Å². The zero-order chi connectivity index (χ0) is 14.8. The Bertz CT molecular complexity index is 847. The van der Waals surface area contributed by atoms with Crippen LogP contribution in [0.2, 0.25) is 0 Å². The molecule has 102 valence electrons. The minimum absolute atomic E-state index is 0.303. The molecule has 3 aromatic heterocycles. The molecular formula is C15H11N5O. The van der Waals surface area contributed by atoms with Crippen LogP contribution in [-0.4, -0.2) is 20.1 Å². The van der Waals surface area contributed by atoms with Crippen LogP contribution < -0.4 is 0 Å². The summed E-state index contributed by atoms with van der Waals surface area (Å²) in [6, 6.07) is 7.31. The van der Waals surface area contributed by atoms with Crippen molar-refractivity contribution in [2.45, 2.75) is 13.8 Å². The van der Waals surface area contributed by atoms with Gasteiger partial charge in [-0.25, -0.2) is 4.98 Å². The van der Waals surface area contributed by atoms with Crippen molar-refractivity contribution >= 4 is 0 Å². The Hall–Kier alpha value is -3.07. The quantitative estimate of drug-likeness (QED) is 0.715. The van der Waals surface area contributed by atoms with Gasteiger partial charge in [-0.05, 0) is 37.1 Å².